The van der Waals surface area contributed by atoms with Gasteiger partial charge in [-0.15, -0.1) is 0 Å². The van der Waals surface area contributed by atoms with Gasteiger partial charge in [0, 0.05) is 19.6 Å². The summed E-state index contributed by atoms with van der Waals surface area (Å²) in [4.78, 5) is 14.1. The van der Waals surface area contributed by atoms with Crippen LogP contribution < -0.4 is 5.32 Å². The number of carbonyl (C=O) groups is 1. The van der Waals surface area contributed by atoms with Crippen molar-refractivity contribution in [2.24, 2.45) is 5.92 Å². The Bertz CT molecular complexity index is 275. The van der Waals surface area contributed by atoms with Crippen LogP contribution in [0.2, 0.25) is 0 Å². The van der Waals surface area contributed by atoms with E-state index in [1.165, 1.54) is 25.7 Å². The van der Waals surface area contributed by atoms with Crippen molar-refractivity contribution in [3.8, 4) is 0 Å². The molecule has 1 aliphatic heterocycles. The van der Waals surface area contributed by atoms with Gasteiger partial charge in [0.1, 0.15) is 6.61 Å². The summed E-state index contributed by atoms with van der Waals surface area (Å²) < 4.78 is 5.93. The summed E-state index contributed by atoms with van der Waals surface area (Å²) in [5.74, 6) is 0.830. The summed E-state index contributed by atoms with van der Waals surface area (Å²) in [6.07, 6.45) is 7.51. The first kappa shape index (κ1) is 14.8. The van der Waals surface area contributed by atoms with Crippen LogP contribution in [0.1, 0.15) is 45.4 Å². The highest BCUT2D eigenvalue weighted by molar-refractivity contribution is 5.77. The van der Waals surface area contributed by atoms with E-state index in [1.54, 1.807) is 0 Å². The van der Waals surface area contributed by atoms with Crippen molar-refractivity contribution in [1.82, 2.24) is 10.2 Å². The molecule has 0 radical (unpaired) electrons. The highest BCUT2D eigenvalue weighted by Crippen LogP contribution is 2.29. The van der Waals surface area contributed by atoms with Crippen LogP contribution in [0, 0.1) is 5.92 Å². The number of rotatable bonds is 4. The summed E-state index contributed by atoms with van der Waals surface area (Å²) in [6.45, 7) is 6.13. The fourth-order valence-electron chi connectivity index (χ4n) is 3.22. The lowest BCUT2D eigenvalue weighted by atomic mass is 9.85. The van der Waals surface area contributed by atoms with Crippen molar-refractivity contribution in [3.63, 3.8) is 0 Å². The van der Waals surface area contributed by atoms with Crippen molar-refractivity contribution < 1.29 is 9.53 Å². The predicted octanol–water partition coefficient (Wildman–Crippen LogP) is 1.79. The molecule has 0 spiro atoms. The van der Waals surface area contributed by atoms with Crippen LogP contribution in [0.15, 0.2) is 0 Å². The molecule has 4 nitrogen and oxygen atoms in total. The fourth-order valence-corrected chi connectivity index (χ4v) is 3.22. The van der Waals surface area contributed by atoms with Gasteiger partial charge in [-0.25, -0.2) is 0 Å². The molecule has 2 unspecified atom stereocenters. The molecule has 2 atom stereocenters. The number of hydrogen-bond donors (Lipinski definition) is 1. The van der Waals surface area contributed by atoms with Crippen molar-refractivity contribution in [2.75, 3.05) is 32.8 Å². The Balaban J connectivity index is 1.75. The molecule has 0 aromatic carbocycles. The first-order valence-corrected chi connectivity index (χ1v) is 7.91. The average Bonchev–Trinajstić information content (AvgIpc) is 2.74. The summed E-state index contributed by atoms with van der Waals surface area (Å²) in [5, 5.41) is 3.32. The van der Waals surface area contributed by atoms with Crippen molar-refractivity contribution in [3.05, 3.63) is 0 Å². The van der Waals surface area contributed by atoms with E-state index in [0.29, 0.717) is 12.0 Å². The van der Waals surface area contributed by atoms with Crippen molar-refractivity contribution in [2.45, 2.75) is 51.6 Å². The van der Waals surface area contributed by atoms with E-state index in [4.69, 9.17) is 4.74 Å². The lowest BCUT2D eigenvalue weighted by molar-refractivity contribution is -0.140. The smallest absolute Gasteiger partial charge is 0.248 e. The number of nitrogens with zero attached hydrogens (tertiary/aromatic N) is 1. The lowest BCUT2D eigenvalue weighted by Crippen LogP contribution is -2.39. The minimum Gasteiger partial charge on any atom is -0.368 e. The van der Waals surface area contributed by atoms with Gasteiger partial charge in [0.2, 0.25) is 5.91 Å². The van der Waals surface area contributed by atoms with Crippen LogP contribution in [0.4, 0.5) is 0 Å². The molecule has 19 heavy (non-hydrogen) atoms. The maximum Gasteiger partial charge on any atom is 0.248 e. The third kappa shape index (κ3) is 4.46. The van der Waals surface area contributed by atoms with Crippen LogP contribution in [0.3, 0.4) is 0 Å². The minimum absolute atomic E-state index is 0.170. The van der Waals surface area contributed by atoms with Gasteiger partial charge in [-0.3, -0.25) is 4.79 Å². The van der Waals surface area contributed by atoms with Crippen LogP contribution in [-0.4, -0.2) is 49.7 Å². The van der Waals surface area contributed by atoms with Gasteiger partial charge in [0.15, 0.2) is 0 Å². The van der Waals surface area contributed by atoms with E-state index < -0.39 is 0 Å². The summed E-state index contributed by atoms with van der Waals surface area (Å²) >= 11 is 0. The quantitative estimate of drug-likeness (QED) is 0.845. The SMILES string of the molecule is CCC1CCCCC1OCC(=O)N1CCCNCC1. The first-order chi connectivity index (χ1) is 9.31. The molecule has 1 heterocycles. The second-order valence-electron chi connectivity index (χ2n) is 5.79. The first-order valence-electron chi connectivity index (χ1n) is 7.91. The second kappa shape index (κ2) is 7.85. The molecule has 0 aromatic rings. The molecule has 2 aliphatic rings. The largest absolute Gasteiger partial charge is 0.368 e. The normalized spacial score (nSPS) is 29.0. The topological polar surface area (TPSA) is 41.6 Å². The van der Waals surface area contributed by atoms with Gasteiger partial charge in [-0.1, -0.05) is 26.2 Å². The number of carbonyl (C=O) groups excluding carboxylic acids is 1. The molecule has 1 amide bonds. The number of hydrogen-bond acceptors (Lipinski definition) is 3. The molecule has 4 heteroatoms. The summed E-state index contributed by atoms with van der Waals surface area (Å²) in [6, 6.07) is 0. The Hall–Kier alpha value is -0.610. The van der Waals surface area contributed by atoms with Crippen LogP contribution in [0.25, 0.3) is 0 Å². The molecule has 1 saturated carbocycles. The molecule has 2 fully saturated rings. The molecule has 1 N–H and O–H groups in total. The van der Waals surface area contributed by atoms with Crippen LogP contribution >= 0.6 is 0 Å². The van der Waals surface area contributed by atoms with Gasteiger partial charge >= 0.3 is 0 Å². The Morgan fingerprint density at radius 1 is 1.21 bits per heavy atom. The maximum absolute atomic E-state index is 12.2. The van der Waals surface area contributed by atoms with Gasteiger partial charge in [-0.2, -0.15) is 0 Å². The molecule has 2 rings (SSSR count). The molecule has 1 saturated heterocycles. The zero-order valence-corrected chi connectivity index (χ0v) is 12.2. The maximum atomic E-state index is 12.2. The third-order valence-electron chi connectivity index (χ3n) is 4.48. The molecular weight excluding hydrogens is 240 g/mol. The second-order valence-corrected chi connectivity index (χ2v) is 5.79. The number of ether oxygens (including phenoxy) is 1. The van der Waals surface area contributed by atoms with Crippen molar-refractivity contribution >= 4 is 5.91 Å². The summed E-state index contributed by atoms with van der Waals surface area (Å²) in [7, 11) is 0. The van der Waals surface area contributed by atoms with E-state index in [-0.39, 0.29) is 12.5 Å². The Kier molecular flexibility index (Phi) is 6.11. The molecule has 0 bridgehead atoms. The third-order valence-corrected chi connectivity index (χ3v) is 4.48. The highest BCUT2D eigenvalue weighted by atomic mass is 16.5. The van der Waals surface area contributed by atoms with Crippen LogP contribution in [0.5, 0.6) is 0 Å². The van der Waals surface area contributed by atoms with E-state index in [1.807, 2.05) is 4.90 Å². The Labute approximate surface area is 116 Å². The zero-order valence-electron chi connectivity index (χ0n) is 12.2. The van der Waals surface area contributed by atoms with Crippen molar-refractivity contribution in [1.29, 1.82) is 0 Å². The van der Waals surface area contributed by atoms with Gasteiger partial charge in [0.25, 0.3) is 0 Å². The van der Waals surface area contributed by atoms with Gasteiger partial charge in [-0.05, 0) is 31.7 Å². The van der Waals surface area contributed by atoms with E-state index in [9.17, 15) is 4.79 Å². The standard InChI is InChI=1S/C15H28N2O2/c1-2-13-6-3-4-7-14(13)19-12-15(18)17-10-5-8-16-9-11-17/h13-14,16H,2-12H2,1H3. The highest BCUT2D eigenvalue weighted by Gasteiger charge is 2.25. The minimum atomic E-state index is 0.170. The monoisotopic (exact) mass is 268 g/mol. The fraction of sp³-hybridized carbons (Fsp3) is 0.933. The van der Waals surface area contributed by atoms with Gasteiger partial charge < -0.3 is 15.0 Å². The predicted molar refractivity (Wildman–Crippen MR) is 76.1 cm³/mol. The van der Waals surface area contributed by atoms with Gasteiger partial charge in [0.05, 0.1) is 6.10 Å². The molecule has 110 valence electrons. The lowest BCUT2D eigenvalue weighted by Gasteiger charge is -2.31. The van der Waals surface area contributed by atoms with E-state index in [2.05, 4.69) is 12.2 Å². The molecular formula is C15H28N2O2. The molecule has 0 aromatic heterocycles. The summed E-state index contributed by atoms with van der Waals surface area (Å²) in [5.41, 5.74) is 0. The Morgan fingerprint density at radius 2 is 2.05 bits per heavy atom. The van der Waals surface area contributed by atoms with E-state index >= 15 is 0 Å². The zero-order chi connectivity index (χ0) is 13.5. The number of amides is 1. The molecule has 1 aliphatic carbocycles. The average molecular weight is 268 g/mol. The number of nitrogens with one attached hydrogen (secondary N) is 1. The van der Waals surface area contributed by atoms with E-state index in [0.717, 1.165) is 39.0 Å². The van der Waals surface area contributed by atoms with Crippen LogP contribution in [-0.2, 0) is 9.53 Å². The Morgan fingerprint density at radius 3 is 2.89 bits per heavy atom.